The molecule has 0 amide bonds. The second-order valence-corrected chi connectivity index (χ2v) is 4.67. The molecule has 0 bridgehead atoms. The van der Waals surface area contributed by atoms with Gasteiger partial charge in [0, 0.05) is 10.9 Å². The summed E-state index contributed by atoms with van der Waals surface area (Å²) >= 11 is 3.38. The standard InChI is InChI=1S/C14H13BrO/c15-13-8-6-12(7-9-13)14(16)10-11-4-2-1-3-5-11/h1-9,14,16H,10H2/t14-/m0/s1. The first kappa shape index (κ1) is 11.4. The minimum Gasteiger partial charge on any atom is -0.388 e. The van der Waals surface area contributed by atoms with Gasteiger partial charge in [0.15, 0.2) is 0 Å². The van der Waals surface area contributed by atoms with Crippen LogP contribution in [0, 0.1) is 0 Å². The van der Waals surface area contributed by atoms with Crippen LogP contribution in [0.2, 0.25) is 0 Å². The molecular weight excluding hydrogens is 264 g/mol. The van der Waals surface area contributed by atoms with Crippen molar-refractivity contribution >= 4 is 15.9 Å². The molecule has 82 valence electrons. The number of hydrogen-bond acceptors (Lipinski definition) is 1. The van der Waals surface area contributed by atoms with Crippen molar-refractivity contribution < 1.29 is 5.11 Å². The lowest BCUT2D eigenvalue weighted by Gasteiger charge is -2.11. The van der Waals surface area contributed by atoms with Crippen molar-refractivity contribution in [2.45, 2.75) is 12.5 Å². The highest BCUT2D eigenvalue weighted by molar-refractivity contribution is 9.10. The highest BCUT2D eigenvalue weighted by atomic mass is 79.9. The van der Waals surface area contributed by atoms with Gasteiger partial charge in [0.25, 0.3) is 0 Å². The van der Waals surface area contributed by atoms with Crippen molar-refractivity contribution in [1.82, 2.24) is 0 Å². The zero-order chi connectivity index (χ0) is 11.4. The first-order valence-electron chi connectivity index (χ1n) is 5.23. The van der Waals surface area contributed by atoms with Gasteiger partial charge in [-0.15, -0.1) is 0 Å². The van der Waals surface area contributed by atoms with E-state index >= 15 is 0 Å². The minimum atomic E-state index is -0.435. The molecule has 1 N–H and O–H groups in total. The van der Waals surface area contributed by atoms with Crippen LogP contribution in [0.5, 0.6) is 0 Å². The number of rotatable bonds is 3. The molecule has 2 rings (SSSR count). The number of halogens is 1. The third-order valence-electron chi connectivity index (χ3n) is 2.53. The van der Waals surface area contributed by atoms with E-state index in [1.54, 1.807) is 0 Å². The van der Waals surface area contributed by atoms with Crippen molar-refractivity contribution in [1.29, 1.82) is 0 Å². The molecule has 2 aromatic rings. The molecule has 0 radical (unpaired) electrons. The third kappa shape index (κ3) is 2.94. The van der Waals surface area contributed by atoms with Crippen LogP contribution < -0.4 is 0 Å². The molecule has 0 saturated carbocycles. The topological polar surface area (TPSA) is 20.2 Å². The van der Waals surface area contributed by atoms with E-state index < -0.39 is 6.10 Å². The van der Waals surface area contributed by atoms with Crippen molar-refractivity contribution in [3.8, 4) is 0 Å². The Morgan fingerprint density at radius 1 is 0.938 bits per heavy atom. The molecule has 0 spiro atoms. The fourth-order valence-corrected chi connectivity index (χ4v) is 1.90. The Morgan fingerprint density at radius 3 is 2.19 bits per heavy atom. The molecule has 0 saturated heterocycles. The first-order valence-corrected chi connectivity index (χ1v) is 6.02. The van der Waals surface area contributed by atoms with Crippen LogP contribution in [0.1, 0.15) is 17.2 Å². The summed E-state index contributed by atoms with van der Waals surface area (Å²) in [5, 5.41) is 10.0. The molecule has 0 aliphatic heterocycles. The van der Waals surface area contributed by atoms with Gasteiger partial charge in [0.05, 0.1) is 6.10 Å². The largest absolute Gasteiger partial charge is 0.388 e. The Bertz CT molecular complexity index is 436. The van der Waals surface area contributed by atoms with Gasteiger partial charge in [-0.25, -0.2) is 0 Å². The number of aliphatic hydroxyl groups is 1. The quantitative estimate of drug-likeness (QED) is 0.906. The maximum atomic E-state index is 10.0. The van der Waals surface area contributed by atoms with Crippen LogP contribution in [0.25, 0.3) is 0 Å². The highest BCUT2D eigenvalue weighted by Gasteiger charge is 2.07. The fourth-order valence-electron chi connectivity index (χ4n) is 1.64. The zero-order valence-electron chi connectivity index (χ0n) is 8.81. The molecule has 0 aliphatic rings. The Labute approximate surface area is 104 Å². The van der Waals surface area contributed by atoms with E-state index in [2.05, 4.69) is 15.9 Å². The summed E-state index contributed by atoms with van der Waals surface area (Å²) in [4.78, 5) is 0. The fraction of sp³-hybridized carbons (Fsp3) is 0.143. The molecule has 0 aliphatic carbocycles. The molecular formula is C14H13BrO. The number of benzene rings is 2. The monoisotopic (exact) mass is 276 g/mol. The molecule has 0 aromatic heterocycles. The van der Waals surface area contributed by atoms with Crippen molar-refractivity contribution in [2.75, 3.05) is 0 Å². The smallest absolute Gasteiger partial charge is 0.0830 e. The van der Waals surface area contributed by atoms with E-state index in [9.17, 15) is 5.11 Å². The van der Waals surface area contributed by atoms with Gasteiger partial charge in [-0.3, -0.25) is 0 Å². The van der Waals surface area contributed by atoms with Crippen LogP contribution in [0.15, 0.2) is 59.1 Å². The number of hydrogen-bond donors (Lipinski definition) is 1. The van der Waals surface area contributed by atoms with E-state index in [1.807, 2.05) is 54.6 Å². The summed E-state index contributed by atoms with van der Waals surface area (Å²) in [6, 6.07) is 17.8. The SMILES string of the molecule is O[C@@H](Cc1ccccc1)c1ccc(Br)cc1. The second kappa shape index (κ2) is 5.28. The summed E-state index contributed by atoms with van der Waals surface area (Å²) in [7, 11) is 0. The summed E-state index contributed by atoms with van der Waals surface area (Å²) < 4.78 is 1.03. The van der Waals surface area contributed by atoms with Gasteiger partial charge in [-0.1, -0.05) is 58.4 Å². The molecule has 2 aromatic carbocycles. The Kier molecular flexibility index (Phi) is 3.75. The summed E-state index contributed by atoms with van der Waals surface area (Å²) in [6.07, 6.45) is 0.221. The van der Waals surface area contributed by atoms with E-state index in [0.717, 1.165) is 15.6 Å². The minimum absolute atomic E-state index is 0.435. The van der Waals surface area contributed by atoms with Crippen molar-refractivity contribution in [3.63, 3.8) is 0 Å². The lowest BCUT2D eigenvalue weighted by atomic mass is 10.0. The Hall–Kier alpha value is -1.12. The van der Waals surface area contributed by atoms with Crippen LogP contribution in [-0.4, -0.2) is 5.11 Å². The molecule has 0 fully saturated rings. The lowest BCUT2D eigenvalue weighted by Crippen LogP contribution is -2.01. The summed E-state index contributed by atoms with van der Waals surface area (Å²) in [5.74, 6) is 0. The molecule has 1 atom stereocenters. The van der Waals surface area contributed by atoms with Crippen LogP contribution in [0.4, 0.5) is 0 Å². The van der Waals surface area contributed by atoms with E-state index in [4.69, 9.17) is 0 Å². The highest BCUT2D eigenvalue weighted by Crippen LogP contribution is 2.20. The average Bonchev–Trinajstić information content (AvgIpc) is 2.31. The van der Waals surface area contributed by atoms with Gasteiger partial charge in [-0.2, -0.15) is 0 Å². The van der Waals surface area contributed by atoms with Crippen molar-refractivity contribution in [3.05, 3.63) is 70.2 Å². The predicted molar refractivity (Wildman–Crippen MR) is 69.2 cm³/mol. The first-order chi connectivity index (χ1) is 7.75. The van der Waals surface area contributed by atoms with E-state index in [1.165, 1.54) is 0 Å². The summed E-state index contributed by atoms with van der Waals surface area (Å²) in [5.41, 5.74) is 2.10. The van der Waals surface area contributed by atoms with Gasteiger partial charge in [0.2, 0.25) is 0 Å². The average molecular weight is 277 g/mol. The van der Waals surface area contributed by atoms with Crippen LogP contribution in [0.3, 0.4) is 0 Å². The van der Waals surface area contributed by atoms with Gasteiger partial charge in [0.1, 0.15) is 0 Å². The van der Waals surface area contributed by atoms with Crippen molar-refractivity contribution in [2.24, 2.45) is 0 Å². The molecule has 2 heteroatoms. The molecule has 0 unspecified atom stereocenters. The molecule has 16 heavy (non-hydrogen) atoms. The lowest BCUT2D eigenvalue weighted by molar-refractivity contribution is 0.178. The maximum Gasteiger partial charge on any atom is 0.0830 e. The van der Waals surface area contributed by atoms with Gasteiger partial charge >= 0.3 is 0 Å². The van der Waals surface area contributed by atoms with Crippen LogP contribution >= 0.6 is 15.9 Å². The molecule has 1 nitrogen and oxygen atoms in total. The zero-order valence-corrected chi connectivity index (χ0v) is 10.4. The van der Waals surface area contributed by atoms with E-state index in [0.29, 0.717) is 6.42 Å². The number of aliphatic hydroxyl groups excluding tert-OH is 1. The van der Waals surface area contributed by atoms with Crippen LogP contribution in [-0.2, 0) is 6.42 Å². The van der Waals surface area contributed by atoms with Gasteiger partial charge in [-0.05, 0) is 23.3 Å². The third-order valence-corrected chi connectivity index (χ3v) is 3.06. The second-order valence-electron chi connectivity index (χ2n) is 3.76. The maximum absolute atomic E-state index is 10.0. The normalized spacial score (nSPS) is 12.4. The van der Waals surface area contributed by atoms with E-state index in [-0.39, 0.29) is 0 Å². The Morgan fingerprint density at radius 2 is 1.56 bits per heavy atom. The van der Waals surface area contributed by atoms with Gasteiger partial charge < -0.3 is 5.11 Å². The predicted octanol–water partition coefficient (Wildman–Crippen LogP) is 3.73. The summed E-state index contributed by atoms with van der Waals surface area (Å²) in [6.45, 7) is 0. The molecule has 0 heterocycles. The Balaban J connectivity index is 2.09.